The Kier molecular flexibility index (Phi) is 2.57. The van der Waals surface area contributed by atoms with Crippen LogP contribution in [0.4, 0.5) is 0 Å². The first-order chi connectivity index (χ1) is 6.74. The number of rotatable bonds is 2. The maximum atomic E-state index is 5.96. The molecule has 2 rings (SSSR count). The van der Waals surface area contributed by atoms with Gasteiger partial charge in [-0.2, -0.15) is 0 Å². The van der Waals surface area contributed by atoms with Gasteiger partial charge >= 0.3 is 0 Å². The van der Waals surface area contributed by atoms with Crippen LogP contribution in [-0.2, 0) is 5.88 Å². The third-order valence-corrected chi connectivity index (χ3v) is 2.53. The largest absolute Gasteiger partial charge is 0.495 e. The number of hydrogen-bond acceptors (Lipinski definition) is 2. The topological polar surface area (TPSA) is 22.4 Å². The summed E-state index contributed by atoms with van der Waals surface area (Å²) >= 11 is 11.6. The van der Waals surface area contributed by atoms with Crippen molar-refractivity contribution in [2.75, 3.05) is 7.11 Å². The van der Waals surface area contributed by atoms with Crippen LogP contribution in [0.3, 0.4) is 0 Å². The summed E-state index contributed by atoms with van der Waals surface area (Å²) in [5.41, 5.74) is 0.738. The molecule has 0 atom stereocenters. The number of fused-ring (bicyclic) bond motifs is 1. The minimum atomic E-state index is 0.356. The first kappa shape index (κ1) is 9.69. The van der Waals surface area contributed by atoms with Gasteiger partial charge in [0.25, 0.3) is 0 Å². The van der Waals surface area contributed by atoms with Crippen LogP contribution in [0.5, 0.6) is 5.75 Å². The zero-order chi connectivity index (χ0) is 10.1. The highest BCUT2D eigenvalue weighted by atomic mass is 35.5. The van der Waals surface area contributed by atoms with Crippen molar-refractivity contribution in [2.45, 2.75) is 5.88 Å². The van der Waals surface area contributed by atoms with E-state index in [0.717, 1.165) is 16.7 Å². The molecule has 0 aliphatic heterocycles. The average molecular weight is 231 g/mol. The van der Waals surface area contributed by atoms with E-state index >= 15 is 0 Å². The molecule has 1 aromatic carbocycles. The maximum Gasteiger partial charge on any atom is 0.141 e. The van der Waals surface area contributed by atoms with Crippen LogP contribution in [-0.4, -0.2) is 7.11 Å². The zero-order valence-corrected chi connectivity index (χ0v) is 9.02. The molecule has 0 aliphatic rings. The molecule has 0 bridgehead atoms. The Hall–Kier alpha value is -0.860. The van der Waals surface area contributed by atoms with Gasteiger partial charge in [0.15, 0.2) is 0 Å². The predicted molar refractivity (Wildman–Crippen MR) is 57.3 cm³/mol. The standard InChI is InChI=1S/C10H8Cl2O2/c1-13-10-4-9-6(3-8(10)12)2-7(5-11)14-9/h2-4H,5H2,1H3. The molecule has 74 valence electrons. The summed E-state index contributed by atoms with van der Waals surface area (Å²) in [5.74, 6) is 1.69. The van der Waals surface area contributed by atoms with Gasteiger partial charge in [-0.25, -0.2) is 0 Å². The van der Waals surface area contributed by atoms with Crippen molar-refractivity contribution in [3.8, 4) is 5.75 Å². The van der Waals surface area contributed by atoms with Crippen molar-refractivity contribution in [1.29, 1.82) is 0 Å². The summed E-state index contributed by atoms with van der Waals surface area (Å²) in [5, 5.41) is 1.51. The molecule has 0 aliphatic carbocycles. The van der Waals surface area contributed by atoms with Gasteiger partial charge in [0.1, 0.15) is 17.1 Å². The third-order valence-electron chi connectivity index (χ3n) is 1.97. The van der Waals surface area contributed by atoms with Crippen molar-refractivity contribution in [3.05, 3.63) is 29.0 Å². The highest BCUT2D eigenvalue weighted by Crippen LogP contribution is 2.31. The highest BCUT2D eigenvalue weighted by Gasteiger charge is 2.07. The van der Waals surface area contributed by atoms with E-state index in [9.17, 15) is 0 Å². The fourth-order valence-corrected chi connectivity index (χ4v) is 1.70. The van der Waals surface area contributed by atoms with Crippen molar-refractivity contribution in [2.24, 2.45) is 0 Å². The van der Waals surface area contributed by atoms with Crippen molar-refractivity contribution in [1.82, 2.24) is 0 Å². The van der Waals surface area contributed by atoms with Crippen LogP contribution in [0.1, 0.15) is 5.76 Å². The Morgan fingerprint density at radius 2 is 2.14 bits per heavy atom. The van der Waals surface area contributed by atoms with E-state index in [0.29, 0.717) is 16.7 Å². The summed E-state index contributed by atoms with van der Waals surface area (Å²) in [6, 6.07) is 5.43. The summed E-state index contributed by atoms with van der Waals surface area (Å²) in [7, 11) is 1.57. The van der Waals surface area contributed by atoms with Gasteiger partial charge < -0.3 is 9.15 Å². The van der Waals surface area contributed by atoms with Gasteiger partial charge in [0.2, 0.25) is 0 Å². The van der Waals surface area contributed by atoms with Gasteiger partial charge in [0.05, 0.1) is 18.0 Å². The number of halogens is 2. The lowest BCUT2D eigenvalue weighted by molar-refractivity contribution is 0.414. The van der Waals surface area contributed by atoms with E-state index in [4.69, 9.17) is 32.4 Å². The number of hydrogen-bond donors (Lipinski definition) is 0. The van der Waals surface area contributed by atoms with Crippen molar-refractivity contribution in [3.63, 3.8) is 0 Å². The molecule has 14 heavy (non-hydrogen) atoms. The predicted octanol–water partition coefficient (Wildman–Crippen LogP) is 3.83. The molecular formula is C10H8Cl2O2. The second-order valence-corrected chi connectivity index (χ2v) is 3.55. The van der Waals surface area contributed by atoms with Crippen molar-refractivity contribution >= 4 is 34.2 Å². The molecule has 2 aromatic rings. The maximum absolute atomic E-state index is 5.96. The SMILES string of the molecule is COc1cc2oc(CCl)cc2cc1Cl. The van der Waals surface area contributed by atoms with Crippen molar-refractivity contribution < 1.29 is 9.15 Å². The van der Waals surface area contributed by atoms with Gasteiger partial charge in [-0.05, 0) is 12.1 Å². The molecule has 0 unspecified atom stereocenters. The quantitative estimate of drug-likeness (QED) is 0.732. The van der Waals surface area contributed by atoms with Crippen LogP contribution in [0.15, 0.2) is 22.6 Å². The molecule has 0 N–H and O–H groups in total. The Morgan fingerprint density at radius 1 is 1.36 bits per heavy atom. The molecule has 2 nitrogen and oxygen atoms in total. The van der Waals surface area contributed by atoms with Crippen LogP contribution < -0.4 is 4.74 Å². The summed E-state index contributed by atoms with van der Waals surface area (Å²) in [6.45, 7) is 0. The second-order valence-electron chi connectivity index (χ2n) is 2.87. The fourth-order valence-electron chi connectivity index (χ4n) is 1.32. The first-order valence-electron chi connectivity index (χ1n) is 4.06. The Labute approximate surface area is 91.4 Å². The van der Waals surface area contributed by atoms with Gasteiger partial charge in [-0.15, -0.1) is 11.6 Å². The lowest BCUT2D eigenvalue weighted by Crippen LogP contribution is -1.82. The lowest BCUT2D eigenvalue weighted by Gasteiger charge is -2.00. The summed E-state index contributed by atoms with van der Waals surface area (Å²) < 4.78 is 10.5. The smallest absolute Gasteiger partial charge is 0.141 e. The lowest BCUT2D eigenvalue weighted by atomic mass is 10.2. The Morgan fingerprint density at radius 3 is 2.79 bits per heavy atom. The Balaban J connectivity index is 2.64. The average Bonchev–Trinajstić information content (AvgIpc) is 2.58. The molecule has 0 amide bonds. The van der Waals surface area contributed by atoms with E-state index in [1.54, 1.807) is 19.2 Å². The normalized spacial score (nSPS) is 10.8. The molecule has 0 fully saturated rings. The van der Waals surface area contributed by atoms with E-state index < -0.39 is 0 Å². The molecule has 0 spiro atoms. The Bertz CT molecular complexity index is 462. The summed E-state index contributed by atoms with van der Waals surface area (Å²) in [4.78, 5) is 0. The zero-order valence-electron chi connectivity index (χ0n) is 7.51. The minimum absolute atomic E-state index is 0.356. The molecule has 0 saturated heterocycles. The molecular weight excluding hydrogens is 223 g/mol. The first-order valence-corrected chi connectivity index (χ1v) is 4.97. The molecule has 0 saturated carbocycles. The molecule has 1 heterocycles. The van der Waals surface area contributed by atoms with E-state index in [1.807, 2.05) is 6.07 Å². The van der Waals surface area contributed by atoms with Gasteiger partial charge in [-0.3, -0.25) is 0 Å². The highest BCUT2D eigenvalue weighted by molar-refractivity contribution is 6.32. The number of furan rings is 1. The number of methoxy groups -OCH3 is 1. The van der Waals surface area contributed by atoms with E-state index in [2.05, 4.69) is 0 Å². The van der Waals surface area contributed by atoms with Crippen LogP contribution in [0, 0.1) is 0 Å². The minimum Gasteiger partial charge on any atom is -0.495 e. The van der Waals surface area contributed by atoms with Gasteiger partial charge in [0, 0.05) is 11.5 Å². The molecule has 1 aromatic heterocycles. The van der Waals surface area contributed by atoms with Crippen LogP contribution >= 0.6 is 23.2 Å². The molecule has 4 heteroatoms. The van der Waals surface area contributed by atoms with E-state index in [-0.39, 0.29) is 0 Å². The van der Waals surface area contributed by atoms with Crippen LogP contribution in [0.25, 0.3) is 11.0 Å². The fraction of sp³-hybridized carbons (Fsp3) is 0.200. The van der Waals surface area contributed by atoms with Gasteiger partial charge in [-0.1, -0.05) is 11.6 Å². The third kappa shape index (κ3) is 1.56. The van der Waals surface area contributed by atoms with Crippen LogP contribution in [0.2, 0.25) is 5.02 Å². The monoisotopic (exact) mass is 230 g/mol. The second kappa shape index (κ2) is 3.71. The summed E-state index contributed by atoms with van der Waals surface area (Å²) in [6.07, 6.45) is 0. The molecule has 0 radical (unpaired) electrons. The number of alkyl halides is 1. The number of benzene rings is 1. The number of ether oxygens (including phenoxy) is 1. The van der Waals surface area contributed by atoms with E-state index in [1.165, 1.54) is 0 Å².